The highest BCUT2D eigenvalue weighted by molar-refractivity contribution is 6.29. The Hall–Kier alpha value is -3.24. The fraction of sp³-hybridized carbons (Fsp3) is 0.519. The molecule has 2 saturated heterocycles. The molecule has 3 aromatic heterocycles. The summed E-state index contributed by atoms with van der Waals surface area (Å²) < 4.78 is 1.91. The van der Waals surface area contributed by atoms with Crippen molar-refractivity contribution in [2.75, 3.05) is 43.4 Å². The van der Waals surface area contributed by atoms with Crippen molar-refractivity contribution >= 4 is 40.3 Å². The van der Waals surface area contributed by atoms with Crippen LogP contribution in [0.2, 0.25) is 5.15 Å². The number of aromatic nitrogens is 4. The van der Waals surface area contributed by atoms with Crippen LogP contribution in [0.15, 0.2) is 35.3 Å². The molecule has 0 aromatic carbocycles. The number of halogens is 1. The molecule has 1 saturated carbocycles. The van der Waals surface area contributed by atoms with E-state index in [9.17, 15) is 9.59 Å². The number of piperazine rings is 1. The molecule has 1 atom stereocenters. The van der Waals surface area contributed by atoms with Crippen molar-refractivity contribution < 1.29 is 4.79 Å². The minimum Gasteiger partial charge on any atom is -0.383 e. The Kier molecular flexibility index (Phi) is 6.69. The van der Waals surface area contributed by atoms with Crippen molar-refractivity contribution in [3.63, 3.8) is 0 Å². The molecule has 0 spiro atoms. The van der Waals surface area contributed by atoms with Gasteiger partial charge in [-0.1, -0.05) is 18.5 Å². The lowest BCUT2D eigenvalue weighted by atomic mass is 9.98. The van der Waals surface area contributed by atoms with E-state index in [0.717, 1.165) is 57.7 Å². The lowest BCUT2D eigenvalue weighted by Gasteiger charge is -2.47. The molecule has 2 aliphatic heterocycles. The molecule has 5 heterocycles. The van der Waals surface area contributed by atoms with Crippen LogP contribution in [0.25, 0.3) is 11.0 Å². The number of amides is 1. The van der Waals surface area contributed by atoms with Crippen molar-refractivity contribution in [2.45, 2.75) is 57.2 Å². The second-order valence-electron chi connectivity index (χ2n) is 10.5. The summed E-state index contributed by atoms with van der Waals surface area (Å²) >= 11 is 5.90. The van der Waals surface area contributed by atoms with Crippen LogP contribution in [0.1, 0.15) is 55.4 Å². The fourth-order valence-electron chi connectivity index (χ4n) is 6.00. The van der Waals surface area contributed by atoms with E-state index in [-0.39, 0.29) is 28.5 Å². The molecule has 0 bridgehead atoms. The minimum atomic E-state index is -0.0870. The van der Waals surface area contributed by atoms with Gasteiger partial charge in [-0.2, -0.15) is 4.98 Å². The average molecular weight is 537 g/mol. The topological polar surface area (TPSA) is 113 Å². The Morgan fingerprint density at radius 3 is 2.55 bits per heavy atom. The maximum Gasteiger partial charge on any atom is 0.264 e. The first-order valence-electron chi connectivity index (χ1n) is 13.5. The van der Waals surface area contributed by atoms with Gasteiger partial charge in [0.25, 0.3) is 11.5 Å². The SMILES string of the molecule is CC[C@H]1CN(c2nc3ncccc3c(=O)n2C2CC2)CCN1C1CCN(C(=O)c2ccc(Cl)nc2N)CC1. The van der Waals surface area contributed by atoms with Crippen LogP contribution < -0.4 is 16.2 Å². The minimum absolute atomic E-state index is 0.0182. The molecule has 3 aromatic rings. The third-order valence-corrected chi connectivity index (χ3v) is 8.40. The Morgan fingerprint density at radius 2 is 1.84 bits per heavy atom. The summed E-state index contributed by atoms with van der Waals surface area (Å²) in [5.41, 5.74) is 6.91. The first-order chi connectivity index (χ1) is 18.4. The standard InChI is InChI=1S/C27H33ClN8O2/c1-2-17-16-34(27-32-24-21(4-3-11-30-24)26(38)36(27)19-5-6-19)14-15-35(17)18-9-12-33(13-10-18)25(37)20-7-8-22(28)31-23(20)29/h3-4,7-8,11,17-19H,2,5-6,9-10,12-16H2,1H3,(H2,29,31)/t17-/m0/s1. The van der Waals surface area contributed by atoms with Crippen LogP contribution in [0.4, 0.5) is 11.8 Å². The molecule has 1 amide bonds. The molecule has 6 rings (SSSR count). The molecule has 200 valence electrons. The largest absolute Gasteiger partial charge is 0.383 e. The van der Waals surface area contributed by atoms with Gasteiger partial charge in [0, 0.05) is 57.0 Å². The smallest absolute Gasteiger partial charge is 0.264 e. The summed E-state index contributed by atoms with van der Waals surface area (Å²) in [6.45, 7) is 6.11. The summed E-state index contributed by atoms with van der Waals surface area (Å²) in [5, 5.41) is 0.873. The number of hydrogen-bond acceptors (Lipinski definition) is 8. The summed E-state index contributed by atoms with van der Waals surface area (Å²) in [6.07, 6.45) is 6.56. The summed E-state index contributed by atoms with van der Waals surface area (Å²) in [4.78, 5) is 46.5. The fourth-order valence-corrected chi connectivity index (χ4v) is 6.16. The van der Waals surface area contributed by atoms with Gasteiger partial charge in [0.2, 0.25) is 5.95 Å². The van der Waals surface area contributed by atoms with Crippen LogP contribution in [-0.2, 0) is 0 Å². The lowest BCUT2D eigenvalue weighted by Crippen LogP contribution is -2.59. The number of anilines is 2. The number of carbonyl (C=O) groups is 1. The zero-order valence-corrected chi connectivity index (χ0v) is 22.3. The number of nitrogen functional groups attached to an aromatic ring is 1. The average Bonchev–Trinajstić information content (AvgIpc) is 3.78. The molecule has 2 N–H and O–H groups in total. The van der Waals surface area contributed by atoms with E-state index in [4.69, 9.17) is 22.3 Å². The normalized spacial score (nSPS) is 21.3. The van der Waals surface area contributed by atoms with Gasteiger partial charge in [0.1, 0.15) is 11.0 Å². The summed E-state index contributed by atoms with van der Waals surface area (Å²) in [5.74, 6) is 0.848. The van der Waals surface area contributed by atoms with E-state index in [1.165, 1.54) is 0 Å². The molecular formula is C27H33ClN8O2. The van der Waals surface area contributed by atoms with Gasteiger partial charge in [-0.15, -0.1) is 0 Å². The Morgan fingerprint density at radius 1 is 1.05 bits per heavy atom. The van der Waals surface area contributed by atoms with E-state index in [2.05, 4.69) is 26.7 Å². The Balaban J connectivity index is 1.16. The van der Waals surface area contributed by atoms with E-state index in [1.807, 2.05) is 15.5 Å². The first-order valence-corrected chi connectivity index (χ1v) is 13.9. The molecule has 3 fully saturated rings. The number of fused-ring (bicyclic) bond motifs is 1. The Bertz CT molecular complexity index is 1420. The maximum atomic E-state index is 13.4. The molecular weight excluding hydrogens is 504 g/mol. The lowest BCUT2D eigenvalue weighted by molar-refractivity contribution is 0.0489. The number of carbonyl (C=O) groups excluding carboxylic acids is 1. The van der Waals surface area contributed by atoms with E-state index in [0.29, 0.717) is 41.8 Å². The quantitative estimate of drug-likeness (QED) is 0.495. The number of nitrogens with zero attached hydrogens (tertiary/aromatic N) is 7. The molecule has 1 aliphatic carbocycles. The van der Waals surface area contributed by atoms with Crippen molar-refractivity contribution in [1.82, 2.24) is 29.3 Å². The Labute approximate surface area is 226 Å². The number of rotatable bonds is 5. The van der Waals surface area contributed by atoms with E-state index >= 15 is 0 Å². The van der Waals surface area contributed by atoms with Crippen LogP contribution in [-0.4, -0.2) is 80.0 Å². The van der Waals surface area contributed by atoms with Gasteiger partial charge in [-0.05, 0) is 56.4 Å². The molecule has 0 unspecified atom stereocenters. The molecule has 11 heteroatoms. The van der Waals surface area contributed by atoms with E-state index < -0.39 is 0 Å². The predicted octanol–water partition coefficient (Wildman–Crippen LogP) is 2.96. The van der Waals surface area contributed by atoms with Crippen LogP contribution >= 0.6 is 11.6 Å². The number of pyridine rings is 2. The van der Waals surface area contributed by atoms with Gasteiger partial charge >= 0.3 is 0 Å². The number of hydrogen-bond donors (Lipinski definition) is 1. The molecule has 10 nitrogen and oxygen atoms in total. The third kappa shape index (κ3) is 4.60. The third-order valence-electron chi connectivity index (χ3n) is 8.19. The van der Waals surface area contributed by atoms with Gasteiger partial charge in [0.15, 0.2) is 5.65 Å². The highest BCUT2D eigenvalue weighted by Gasteiger charge is 2.37. The zero-order valence-electron chi connectivity index (χ0n) is 21.6. The van der Waals surface area contributed by atoms with Crippen molar-refractivity contribution in [1.29, 1.82) is 0 Å². The van der Waals surface area contributed by atoms with Gasteiger partial charge in [-0.3, -0.25) is 19.1 Å². The summed E-state index contributed by atoms with van der Waals surface area (Å²) in [6, 6.07) is 7.87. The zero-order chi connectivity index (χ0) is 26.4. The van der Waals surface area contributed by atoms with Crippen molar-refractivity contribution in [2.24, 2.45) is 0 Å². The molecule has 3 aliphatic rings. The molecule has 0 radical (unpaired) electrons. The summed E-state index contributed by atoms with van der Waals surface area (Å²) in [7, 11) is 0. The highest BCUT2D eigenvalue weighted by atomic mass is 35.5. The molecule has 38 heavy (non-hydrogen) atoms. The van der Waals surface area contributed by atoms with E-state index in [1.54, 1.807) is 24.4 Å². The second-order valence-corrected chi connectivity index (χ2v) is 10.9. The highest BCUT2D eigenvalue weighted by Crippen LogP contribution is 2.37. The van der Waals surface area contributed by atoms with Crippen molar-refractivity contribution in [3.05, 3.63) is 51.5 Å². The van der Waals surface area contributed by atoms with Gasteiger partial charge in [-0.25, -0.2) is 9.97 Å². The number of nitrogens with two attached hydrogens (primary N) is 1. The monoisotopic (exact) mass is 536 g/mol. The first kappa shape index (κ1) is 25.1. The number of piperidine rings is 1. The maximum absolute atomic E-state index is 13.4. The van der Waals surface area contributed by atoms with Crippen LogP contribution in [0.3, 0.4) is 0 Å². The van der Waals surface area contributed by atoms with Crippen molar-refractivity contribution in [3.8, 4) is 0 Å². The van der Waals surface area contributed by atoms with Crippen LogP contribution in [0.5, 0.6) is 0 Å². The van der Waals surface area contributed by atoms with Gasteiger partial charge in [0.05, 0.1) is 10.9 Å². The van der Waals surface area contributed by atoms with Crippen LogP contribution in [0, 0.1) is 0 Å². The number of likely N-dealkylation sites (tertiary alicyclic amines) is 1. The predicted molar refractivity (Wildman–Crippen MR) is 148 cm³/mol. The second kappa shape index (κ2) is 10.1. The van der Waals surface area contributed by atoms with Gasteiger partial charge < -0.3 is 15.5 Å².